The molecule has 12 heavy (non-hydrogen) atoms. The van der Waals surface area contributed by atoms with Crippen molar-refractivity contribution in [3.05, 3.63) is 29.8 Å². The van der Waals surface area contributed by atoms with Gasteiger partial charge in [-0.05, 0) is 38.7 Å². The first kappa shape index (κ1) is 9.07. The molecule has 66 valence electrons. The fourth-order valence-electron chi connectivity index (χ4n) is 1.07. The van der Waals surface area contributed by atoms with E-state index in [1.54, 1.807) is 0 Å². The van der Waals surface area contributed by atoms with E-state index < -0.39 is 0 Å². The molecular formula is C10H16N2. The van der Waals surface area contributed by atoms with E-state index in [1.165, 1.54) is 5.56 Å². The number of benzene rings is 1. The van der Waals surface area contributed by atoms with Crippen molar-refractivity contribution in [3.8, 4) is 0 Å². The maximum absolute atomic E-state index is 5.59. The van der Waals surface area contributed by atoms with E-state index in [2.05, 4.69) is 38.1 Å². The second-order valence-corrected chi connectivity index (χ2v) is 3.31. The second-order valence-electron chi connectivity index (χ2n) is 3.31. The lowest BCUT2D eigenvalue weighted by atomic mass is 10.1. The molecule has 0 amide bonds. The molecule has 0 unspecified atom stereocenters. The lowest BCUT2D eigenvalue weighted by molar-refractivity contribution is 0.321. The van der Waals surface area contributed by atoms with Gasteiger partial charge in [0.1, 0.15) is 0 Å². The Morgan fingerprint density at radius 1 is 1.17 bits per heavy atom. The summed E-state index contributed by atoms with van der Waals surface area (Å²) in [5, 5.41) is 0. The highest BCUT2D eigenvalue weighted by atomic mass is 15.1. The van der Waals surface area contributed by atoms with Crippen LogP contribution in [0.3, 0.4) is 0 Å². The third-order valence-corrected chi connectivity index (χ3v) is 2.19. The summed E-state index contributed by atoms with van der Waals surface area (Å²) in [6.45, 7) is 2.17. The van der Waals surface area contributed by atoms with Gasteiger partial charge in [0.05, 0.1) is 0 Å². The summed E-state index contributed by atoms with van der Waals surface area (Å²) in [5.74, 6) is 0. The Morgan fingerprint density at radius 2 is 1.67 bits per heavy atom. The predicted molar refractivity (Wildman–Crippen MR) is 53.0 cm³/mol. The molecule has 0 aliphatic carbocycles. The minimum absolute atomic E-state index is 0.450. The van der Waals surface area contributed by atoms with Gasteiger partial charge in [-0.1, -0.05) is 12.1 Å². The maximum atomic E-state index is 5.59. The van der Waals surface area contributed by atoms with E-state index in [-0.39, 0.29) is 0 Å². The predicted octanol–water partition coefficient (Wildman–Crippen LogP) is 1.89. The van der Waals surface area contributed by atoms with Crippen LogP contribution < -0.4 is 5.73 Å². The Hall–Kier alpha value is -1.02. The van der Waals surface area contributed by atoms with Gasteiger partial charge in [0, 0.05) is 11.7 Å². The van der Waals surface area contributed by atoms with Crippen LogP contribution in [-0.4, -0.2) is 19.0 Å². The van der Waals surface area contributed by atoms with Gasteiger partial charge in [0.15, 0.2) is 0 Å². The molecule has 1 aromatic carbocycles. The molecule has 0 aliphatic rings. The molecule has 1 atom stereocenters. The minimum atomic E-state index is 0.450. The summed E-state index contributed by atoms with van der Waals surface area (Å²) in [6, 6.07) is 8.47. The summed E-state index contributed by atoms with van der Waals surface area (Å²) in [5.41, 5.74) is 7.71. The number of anilines is 1. The molecule has 2 heteroatoms. The van der Waals surface area contributed by atoms with Crippen LogP contribution in [0.15, 0.2) is 24.3 Å². The van der Waals surface area contributed by atoms with Crippen LogP contribution in [0.5, 0.6) is 0 Å². The Bertz CT molecular complexity index is 239. The minimum Gasteiger partial charge on any atom is -0.399 e. The van der Waals surface area contributed by atoms with E-state index in [4.69, 9.17) is 5.73 Å². The third-order valence-electron chi connectivity index (χ3n) is 2.19. The number of hydrogen-bond acceptors (Lipinski definition) is 2. The Balaban J connectivity index is 2.82. The number of nitrogen functional groups attached to an aromatic ring is 1. The smallest absolute Gasteiger partial charge is 0.0314 e. The molecule has 1 aromatic rings. The first-order chi connectivity index (χ1) is 5.61. The molecule has 0 bridgehead atoms. The molecule has 0 radical (unpaired) electrons. The number of nitrogens with zero attached hydrogens (tertiary/aromatic N) is 1. The zero-order valence-corrected chi connectivity index (χ0v) is 7.91. The third kappa shape index (κ3) is 1.98. The maximum Gasteiger partial charge on any atom is 0.0314 e. The van der Waals surface area contributed by atoms with E-state index in [9.17, 15) is 0 Å². The van der Waals surface area contributed by atoms with Crippen molar-refractivity contribution < 1.29 is 0 Å². The molecule has 0 aromatic heterocycles. The highest BCUT2D eigenvalue weighted by Crippen LogP contribution is 2.17. The van der Waals surface area contributed by atoms with E-state index >= 15 is 0 Å². The van der Waals surface area contributed by atoms with Crippen molar-refractivity contribution in [2.45, 2.75) is 13.0 Å². The molecule has 0 heterocycles. The second kappa shape index (κ2) is 3.59. The van der Waals surface area contributed by atoms with Gasteiger partial charge >= 0.3 is 0 Å². The number of nitrogens with two attached hydrogens (primary N) is 1. The monoisotopic (exact) mass is 164 g/mol. The summed E-state index contributed by atoms with van der Waals surface area (Å²) in [4.78, 5) is 2.17. The largest absolute Gasteiger partial charge is 0.399 e. The lowest BCUT2D eigenvalue weighted by Gasteiger charge is -2.19. The zero-order chi connectivity index (χ0) is 9.14. The fourth-order valence-corrected chi connectivity index (χ4v) is 1.07. The highest BCUT2D eigenvalue weighted by Gasteiger charge is 2.05. The SMILES string of the molecule is C[C@@H](c1ccc(N)cc1)N(C)C. The van der Waals surface area contributed by atoms with Crippen LogP contribution in [0.25, 0.3) is 0 Å². The van der Waals surface area contributed by atoms with Crippen LogP contribution in [0.1, 0.15) is 18.5 Å². The quantitative estimate of drug-likeness (QED) is 0.676. The molecule has 0 saturated heterocycles. The van der Waals surface area contributed by atoms with Crippen molar-refractivity contribution in [2.24, 2.45) is 0 Å². The molecule has 0 fully saturated rings. The lowest BCUT2D eigenvalue weighted by Crippen LogP contribution is -2.16. The molecule has 2 nitrogen and oxygen atoms in total. The van der Waals surface area contributed by atoms with Gasteiger partial charge in [-0.2, -0.15) is 0 Å². The first-order valence-electron chi connectivity index (χ1n) is 4.13. The molecule has 0 saturated carbocycles. The summed E-state index contributed by atoms with van der Waals surface area (Å²) in [7, 11) is 4.14. The number of rotatable bonds is 2. The summed E-state index contributed by atoms with van der Waals surface area (Å²) < 4.78 is 0. The zero-order valence-electron chi connectivity index (χ0n) is 7.91. The van der Waals surface area contributed by atoms with Gasteiger partial charge in [0.2, 0.25) is 0 Å². The molecule has 2 N–H and O–H groups in total. The first-order valence-corrected chi connectivity index (χ1v) is 4.13. The van der Waals surface area contributed by atoms with Crippen molar-refractivity contribution in [1.29, 1.82) is 0 Å². The van der Waals surface area contributed by atoms with E-state index in [0.29, 0.717) is 6.04 Å². The van der Waals surface area contributed by atoms with E-state index in [1.807, 2.05) is 12.1 Å². The highest BCUT2D eigenvalue weighted by molar-refractivity contribution is 5.39. The molecule has 1 rings (SSSR count). The van der Waals surface area contributed by atoms with Gasteiger partial charge in [-0.15, -0.1) is 0 Å². The fraction of sp³-hybridized carbons (Fsp3) is 0.400. The van der Waals surface area contributed by atoms with Crippen LogP contribution in [0.4, 0.5) is 5.69 Å². The number of hydrogen-bond donors (Lipinski definition) is 1. The average molecular weight is 164 g/mol. The standard InChI is InChI=1S/C10H16N2/c1-8(12(2)3)9-4-6-10(11)7-5-9/h4-8H,11H2,1-3H3/t8-/m0/s1. The van der Waals surface area contributed by atoms with Crippen LogP contribution >= 0.6 is 0 Å². The summed E-state index contributed by atoms with van der Waals surface area (Å²) >= 11 is 0. The van der Waals surface area contributed by atoms with Crippen molar-refractivity contribution in [1.82, 2.24) is 4.90 Å². The Morgan fingerprint density at radius 3 is 2.08 bits per heavy atom. The average Bonchev–Trinajstić information content (AvgIpc) is 2.04. The van der Waals surface area contributed by atoms with Gasteiger partial charge in [0.25, 0.3) is 0 Å². The normalized spacial score (nSPS) is 13.3. The van der Waals surface area contributed by atoms with E-state index in [0.717, 1.165) is 5.69 Å². The molecular weight excluding hydrogens is 148 g/mol. The Kier molecular flexibility index (Phi) is 2.71. The van der Waals surface area contributed by atoms with Crippen LogP contribution in [0, 0.1) is 0 Å². The van der Waals surface area contributed by atoms with Crippen LogP contribution in [-0.2, 0) is 0 Å². The summed E-state index contributed by atoms with van der Waals surface area (Å²) in [6.07, 6.45) is 0. The molecule has 0 spiro atoms. The van der Waals surface area contributed by atoms with Crippen molar-refractivity contribution in [2.75, 3.05) is 19.8 Å². The topological polar surface area (TPSA) is 29.3 Å². The van der Waals surface area contributed by atoms with Crippen molar-refractivity contribution in [3.63, 3.8) is 0 Å². The van der Waals surface area contributed by atoms with Crippen LogP contribution in [0.2, 0.25) is 0 Å². The molecule has 0 aliphatic heterocycles. The van der Waals surface area contributed by atoms with Gasteiger partial charge < -0.3 is 10.6 Å². The van der Waals surface area contributed by atoms with Crippen molar-refractivity contribution >= 4 is 5.69 Å². The van der Waals surface area contributed by atoms with Gasteiger partial charge in [-0.3, -0.25) is 0 Å². The van der Waals surface area contributed by atoms with Gasteiger partial charge in [-0.25, -0.2) is 0 Å². The Labute approximate surface area is 74.0 Å².